The van der Waals surface area contributed by atoms with Gasteiger partial charge in [-0.3, -0.25) is 0 Å². The molecule has 0 bridgehead atoms. The first-order valence-electron chi connectivity index (χ1n) is 5.73. The molecule has 0 atom stereocenters. The molecular formula is C14H17NO2S. The van der Waals surface area contributed by atoms with Crippen LogP contribution in [-0.4, -0.2) is 19.2 Å². The largest absolute Gasteiger partial charge is 0.496 e. The fraction of sp³-hybridized carbons (Fsp3) is 0.357. The fourth-order valence-electron chi connectivity index (χ4n) is 2.04. The Labute approximate surface area is 111 Å². The van der Waals surface area contributed by atoms with E-state index in [9.17, 15) is 0 Å². The number of thiazole rings is 1. The van der Waals surface area contributed by atoms with Crippen LogP contribution in [0.15, 0.2) is 12.1 Å². The SMILES string of the molecule is COc1cc(C)cc(C)c1-c1nc(C)c(OC)s1. The number of hydrogen-bond donors (Lipinski definition) is 0. The Morgan fingerprint density at radius 1 is 1.06 bits per heavy atom. The van der Waals surface area contributed by atoms with Crippen LogP contribution >= 0.6 is 11.3 Å². The molecule has 0 aliphatic carbocycles. The molecule has 0 amide bonds. The van der Waals surface area contributed by atoms with E-state index in [4.69, 9.17) is 9.47 Å². The van der Waals surface area contributed by atoms with Gasteiger partial charge >= 0.3 is 0 Å². The van der Waals surface area contributed by atoms with Crippen LogP contribution in [0, 0.1) is 20.8 Å². The predicted octanol–water partition coefficient (Wildman–Crippen LogP) is 3.75. The molecule has 4 heteroatoms. The van der Waals surface area contributed by atoms with Crippen molar-refractivity contribution in [1.29, 1.82) is 0 Å². The highest BCUT2D eigenvalue weighted by Gasteiger charge is 2.16. The van der Waals surface area contributed by atoms with Crippen LogP contribution in [-0.2, 0) is 0 Å². The van der Waals surface area contributed by atoms with Crippen LogP contribution in [0.2, 0.25) is 0 Å². The maximum absolute atomic E-state index is 5.47. The van der Waals surface area contributed by atoms with Gasteiger partial charge in [0.2, 0.25) is 0 Å². The minimum absolute atomic E-state index is 0.854. The first kappa shape index (κ1) is 12.9. The zero-order valence-corrected chi connectivity index (χ0v) is 12.1. The highest BCUT2D eigenvalue weighted by atomic mass is 32.1. The third-order valence-corrected chi connectivity index (χ3v) is 3.95. The predicted molar refractivity (Wildman–Crippen MR) is 74.9 cm³/mol. The summed E-state index contributed by atoms with van der Waals surface area (Å²) < 4.78 is 10.8. The second-order valence-electron chi connectivity index (χ2n) is 4.26. The van der Waals surface area contributed by atoms with Crippen LogP contribution < -0.4 is 9.47 Å². The summed E-state index contributed by atoms with van der Waals surface area (Å²) in [6.07, 6.45) is 0. The van der Waals surface area contributed by atoms with Crippen LogP contribution in [0.1, 0.15) is 16.8 Å². The normalized spacial score (nSPS) is 10.5. The molecule has 0 fully saturated rings. The first-order valence-corrected chi connectivity index (χ1v) is 6.55. The first-order chi connectivity index (χ1) is 8.56. The molecule has 0 N–H and O–H groups in total. The molecule has 3 nitrogen and oxygen atoms in total. The second kappa shape index (κ2) is 4.98. The van der Waals surface area contributed by atoms with E-state index in [0.29, 0.717) is 0 Å². The molecule has 1 aromatic carbocycles. The second-order valence-corrected chi connectivity index (χ2v) is 5.22. The van der Waals surface area contributed by atoms with Crippen molar-refractivity contribution in [3.05, 3.63) is 29.0 Å². The van der Waals surface area contributed by atoms with E-state index >= 15 is 0 Å². The maximum Gasteiger partial charge on any atom is 0.197 e. The molecule has 0 spiro atoms. The molecule has 2 rings (SSSR count). The number of nitrogens with zero attached hydrogens (tertiary/aromatic N) is 1. The Kier molecular flexibility index (Phi) is 3.57. The van der Waals surface area contributed by atoms with E-state index in [1.165, 1.54) is 11.1 Å². The summed E-state index contributed by atoms with van der Waals surface area (Å²) in [5.74, 6) is 0.865. The van der Waals surface area contributed by atoms with Gasteiger partial charge in [-0.05, 0) is 38.0 Å². The van der Waals surface area contributed by atoms with Gasteiger partial charge in [0.05, 0.1) is 25.5 Å². The highest BCUT2D eigenvalue weighted by molar-refractivity contribution is 7.17. The number of ether oxygens (including phenoxy) is 2. The zero-order valence-electron chi connectivity index (χ0n) is 11.3. The Morgan fingerprint density at radius 3 is 2.33 bits per heavy atom. The standard InChI is InChI=1S/C14H17NO2S/c1-8-6-9(2)12(11(7-8)16-4)13-15-10(3)14(17-5)18-13/h6-7H,1-5H3. The number of methoxy groups -OCH3 is 2. The van der Waals surface area contributed by atoms with Crippen molar-refractivity contribution in [3.63, 3.8) is 0 Å². The van der Waals surface area contributed by atoms with Crippen LogP contribution in [0.3, 0.4) is 0 Å². The van der Waals surface area contributed by atoms with E-state index in [2.05, 4.69) is 24.9 Å². The average molecular weight is 263 g/mol. The molecule has 0 saturated heterocycles. The molecule has 96 valence electrons. The van der Waals surface area contributed by atoms with Crippen molar-refractivity contribution in [3.8, 4) is 21.4 Å². The van der Waals surface area contributed by atoms with Gasteiger partial charge in [0, 0.05) is 0 Å². The van der Waals surface area contributed by atoms with Crippen molar-refractivity contribution in [2.45, 2.75) is 20.8 Å². The molecule has 1 aromatic heterocycles. The molecule has 1 heterocycles. The molecule has 0 saturated carbocycles. The minimum atomic E-state index is 0.854. The smallest absolute Gasteiger partial charge is 0.197 e. The van der Waals surface area contributed by atoms with Gasteiger partial charge in [0.15, 0.2) is 5.06 Å². The third-order valence-electron chi connectivity index (χ3n) is 2.82. The fourth-order valence-corrected chi connectivity index (χ4v) is 3.04. The van der Waals surface area contributed by atoms with Gasteiger partial charge < -0.3 is 9.47 Å². The minimum Gasteiger partial charge on any atom is -0.496 e. The summed E-state index contributed by atoms with van der Waals surface area (Å²) in [5.41, 5.74) is 4.33. The van der Waals surface area contributed by atoms with E-state index in [1.807, 2.05) is 13.0 Å². The molecule has 0 aliphatic heterocycles. The van der Waals surface area contributed by atoms with Crippen molar-refractivity contribution in [1.82, 2.24) is 4.98 Å². The summed E-state index contributed by atoms with van der Waals surface area (Å²) in [6, 6.07) is 4.17. The summed E-state index contributed by atoms with van der Waals surface area (Å²) in [5, 5.41) is 1.80. The van der Waals surface area contributed by atoms with Gasteiger partial charge in [0.25, 0.3) is 0 Å². The van der Waals surface area contributed by atoms with E-state index in [0.717, 1.165) is 27.1 Å². The van der Waals surface area contributed by atoms with Crippen molar-refractivity contribution in [2.24, 2.45) is 0 Å². The average Bonchev–Trinajstić information content (AvgIpc) is 2.68. The third kappa shape index (κ3) is 2.20. The van der Waals surface area contributed by atoms with Crippen molar-refractivity contribution < 1.29 is 9.47 Å². The lowest BCUT2D eigenvalue weighted by atomic mass is 10.0. The Balaban J connectivity index is 2.62. The van der Waals surface area contributed by atoms with Crippen LogP contribution in [0.25, 0.3) is 10.6 Å². The number of rotatable bonds is 3. The number of hydrogen-bond acceptors (Lipinski definition) is 4. The lowest BCUT2D eigenvalue weighted by molar-refractivity contribution is 0.416. The molecule has 0 aliphatic rings. The topological polar surface area (TPSA) is 31.4 Å². The van der Waals surface area contributed by atoms with Gasteiger partial charge in [-0.25, -0.2) is 4.98 Å². The zero-order chi connectivity index (χ0) is 13.3. The molecular weight excluding hydrogens is 246 g/mol. The van der Waals surface area contributed by atoms with Crippen LogP contribution in [0.5, 0.6) is 10.8 Å². The van der Waals surface area contributed by atoms with Gasteiger partial charge in [0.1, 0.15) is 10.8 Å². The number of aryl methyl sites for hydroxylation is 3. The number of benzene rings is 1. The Hall–Kier alpha value is -1.55. The monoisotopic (exact) mass is 263 g/mol. The lowest BCUT2D eigenvalue weighted by Crippen LogP contribution is -1.92. The summed E-state index contributed by atoms with van der Waals surface area (Å²) >= 11 is 1.55. The summed E-state index contributed by atoms with van der Waals surface area (Å²) in [7, 11) is 3.36. The van der Waals surface area contributed by atoms with Gasteiger partial charge in [-0.1, -0.05) is 17.4 Å². The van der Waals surface area contributed by atoms with Crippen LogP contribution in [0.4, 0.5) is 0 Å². The molecule has 18 heavy (non-hydrogen) atoms. The summed E-state index contributed by atoms with van der Waals surface area (Å²) in [6.45, 7) is 6.09. The van der Waals surface area contributed by atoms with E-state index in [-0.39, 0.29) is 0 Å². The van der Waals surface area contributed by atoms with Gasteiger partial charge in [-0.2, -0.15) is 0 Å². The van der Waals surface area contributed by atoms with E-state index < -0.39 is 0 Å². The van der Waals surface area contributed by atoms with Gasteiger partial charge in [-0.15, -0.1) is 0 Å². The summed E-state index contributed by atoms with van der Waals surface area (Å²) in [4.78, 5) is 4.56. The Morgan fingerprint density at radius 2 is 1.78 bits per heavy atom. The molecule has 0 radical (unpaired) electrons. The Bertz CT molecular complexity index is 575. The number of aromatic nitrogens is 1. The quantitative estimate of drug-likeness (QED) is 0.845. The lowest BCUT2D eigenvalue weighted by Gasteiger charge is -2.10. The van der Waals surface area contributed by atoms with E-state index in [1.54, 1.807) is 25.6 Å². The van der Waals surface area contributed by atoms with Crippen molar-refractivity contribution >= 4 is 11.3 Å². The molecule has 0 unspecified atom stereocenters. The molecule has 2 aromatic rings. The highest BCUT2D eigenvalue weighted by Crippen LogP contribution is 2.40. The van der Waals surface area contributed by atoms with Crippen molar-refractivity contribution in [2.75, 3.05) is 14.2 Å². The maximum atomic E-state index is 5.47.